The summed E-state index contributed by atoms with van der Waals surface area (Å²) >= 11 is 13.6. The van der Waals surface area contributed by atoms with Gasteiger partial charge in [0, 0.05) is 27.3 Å². The van der Waals surface area contributed by atoms with Crippen LogP contribution in [-0.4, -0.2) is 10.5 Å². The van der Waals surface area contributed by atoms with Crippen LogP contribution in [0.25, 0.3) is 0 Å². The zero-order valence-electron chi connectivity index (χ0n) is 18.3. The zero-order chi connectivity index (χ0) is 22.6. The molecule has 0 N–H and O–H groups in total. The first-order valence-electron chi connectivity index (χ1n) is 10.7. The Labute approximate surface area is 202 Å². The van der Waals surface area contributed by atoms with Crippen LogP contribution in [0.5, 0.6) is 0 Å². The molecule has 0 saturated carbocycles. The molecule has 0 aromatic heterocycles. The molecular weight excluding hydrogens is 464 g/mol. The molecule has 0 radical (unpaired) electrons. The summed E-state index contributed by atoms with van der Waals surface area (Å²) in [5, 5.41) is 4.71. The lowest BCUT2D eigenvalue weighted by atomic mass is 10.4. The predicted octanol–water partition coefficient (Wildman–Crippen LogP) is 5.79. The van der Waals surface area contributed by atoms with Crippen molar-refractivity contribution in [1.82, 2.24) is 4.44 Å². The molecule has 0 atom stereocenters. The monoisotopic (exact) mass is 491 g/mol. The Kier molecular flexibility index (Phi) is 7.25. The van der Waals surface area contributed by atoms with Crippen LogP contribution in [-0.2, 0) is 23.6 Å². The van der Waals surface area contributed by atoms with Crippen LogP contribution < -0.4 is 21.2 Å². The van der Waals surface area contributed by atoms with Gasteiger partial charge in [-0.2, -0.15) is 0 Å². The van der Waals surface area contributed by atoms with Gasteiger partial charge in [-0.05, 0) is 13.8 Å². The van der Waals surface area contributed by atoms with Crippen molar-refractivity contribution < 1.29 is 0 Å². The third-order valence-corrected chi connectivity index (χ3v) is 17.5. The number of hydrogen-bond acceptors (Lipinski definition) is 2. The van der Waals surface area contributed by atoms with Crippen molar-refractivity contribution >= 4 is 57.2 Å². The molecule has 4 rings (SSSR count). The maximum Gasteiger partial charge on any atom is 0.0756 e. The molecule has 162 valence electrons. The lowest BCUT2D eigenvalue weighted by Crippen LogP contribution is -2.40. The maximum absolute atomic E-state index is 6.78. The molecule has 0 fully saturated rings. The molecule has 0 spiro atoms. The van der Waals surface area contributed by atoms with Gasteiger partial charge in [-0.3, -0.25) is 0 Å². The third kappa shape index (κ3) is 4.21. The minimum Gasteiger partial charge on any atom is -0.229 e. The highest BCUT2D eigenvalue weighted by Crippen LogP contribution is 2.65. The predicted molar refractivity (Wildman–Crippen MR) is 150 cm³/mol. The van der Waals surface area contributed by atoms with Gasteiger partial charge in [0.1, 0.15) is 0 Å². The molecule has 0 aliphatic rings. The number of rotatable bonds is 7. The van der Waals surface area contributed by atoms with E-state index in [1.54, 1.807) is 0 Å². The van der Waals surface area contributed by atoms with E-state index < -0.39 is 12.4 Å². The van der Waals surface area contributed by atoms with Crippen molar-refractivity contribution in [3.8, 4) is 0 Å². The minimum atomic E-state index is -2.43. The van der Waals surface area contributed by atoms with Crippen LogP contribution in [0.15, 0.2) is 121 Å². The first-order valence-corrected chi connectivity index (χ1v) is 16.2. The Bertz CT molecular complexity index is 1060. The minimum absolute atomic E-state index is 0.160. The molecule has 0 bridgehead atoms. The second-order valence-corrected chi connectivity index (χ2v) is 16.6. The molecule has 4 aromatic carbocycles. The van der Waals surface area contributed by atoms with Crippen LogP contribution in [0.3, 0.4) is 0 Å². The average molecular weight is 492 g/mol. The van der Waals surface area contributed by atoms with Crippen molar-refractivity contribution in [3.05, 3.63) is 121 Å². The summed E-state index contributed by atoms with van der Waals surface area (Å²) in [6.45, 7) is 4.47. The van der Waals surface area contributed by atoms with Gasteiger partial charge >= 0.3 is 0 Å². The third-order valence-electron chi connectivity index (χ3n) is 5.46. The highest BCUT2D eigenvalue weighted by Gasteiger charge is 2.42. The number of nitrogens with zero attached hydrogens (tertiary/aromatic N) is 1. The van der Waals surface area contributed by atoms with Crippen LogP contribution >= 0.6 is 12.4 Å². The van der Waals surface area contributed by atoms with E-state index in [4.69, 9.17) is 23.6 Å². The summed E-state index contributed by atoms with van der Waals surface area (Å²) in [7, 11) is 0. The summed E-state index contributed by atoms with van der Waals surface area (Å²) < 4.78 is 2.54. The summed E-state index contributed by atoms with van der Waals surface area (Å²) in [6, 6.07) is 42.5. The SMILES string of the molecule is CC(C)N(P(=S)(c1ccccc1)c1ccccc1)P(=S)(c1ccccc1)c1ccccc1. The second-order valence-electron chi connectivity index (χ2n) is 7.91. The van der Waals surface area contributed by atoms with E-state index in [1.807, 2.05) is 0 Å². The number of hydrogen-bond donors (Lipinski definition) is 0. The van der Waals surface area contributed by atoms with Crippen molar-refractivity contribution in [1.29, 1.82) is 0 Å². The van der Waals surface area contributed by atoms with Gasteiger partial charge in [-0.15, -0.1) is 0 Å². The molecule has 4 aromatic rings. The molecule has 0 saturated heterocycles. The summed E-state index contributed by atoms with van der Waals surface area (Å²) in [6.07, 6.45) is -4.86. The van der Waals surface area contributed by atoms with E-state index in [1.165, 1.54) is 21.2 Å². The Morgan fingerprint density at radius 2 is 0.688 bits per heavy atom. The average Bonchev–Trinajstić information content (AvgIpc) is 2.86. The lowest BCUT2D eigenvalue weighted by molar-refractivity contribution is 0.581. The highest BCUT2D eigenvalue weighted by atomic mass is 32.5. The first-order chi connectivity index (χ1) is 15.5. The topological polar surface area (TPSA) is 3.24 Å². The highest BCUT2D eigenvalue weighted by molar-refractivity contribution is 8.29. The van der Waals surface area contributed by atoms with Gasteiger partial charge in [0.05, 0.1) is 12.4 Å². The molecule has 0 aliphatic carbocycles. The number of benzene rings is 4. The normalized spacial score (nSPS) is 12.2. The van der Waals surface area contributed by atoms with E-state index in [2.05, 4.69) is 140 Å². The van der Waals surface area contributed by atoms with Gasteiger partial charge in [-0.25, -0.2) is 4.44 Å². The zero-order valence-corrected chi connectivity index (χ0v) is 21.7. The van der Waals surface area contributed by atoms with Gasteiger partial charge < -0.3 is 0 Å². The van der Waals surface area contributed by atoms with E-state index in [0.29, 0.717) is 0 Å². The Hall–Kier alpha value is -1.86. The van der Waals surface area contributed by atoms with Crippen molar-refractivity contribution in [3.63, 3.8) is 0 Å². The van der Waals surface area contributed by atoms with Crippen LogP contribution in [0.2, 0.25) is 0 Å². The van der Waals surface area contributed by atoms with Crippen LogP contribution in [0, 0.1) is 0 Å². The summed E-state index contributed by atoms with van der Waals surface area (Å²) in [5.74, 6) is 0. The fraction of sp³-hybridized carbons (Fsp3) is 0.111. The maximum atomic E-state index is 6.78. The second kappa shape index (κ2) is 9.96. The Balaban J connectivity index is 2.09. The molecule has 5 heteroatoms. The molecule has 1 nitrogen and oxygen atoms in total. The molecular formula is C27H27NP2S2. The molecule has 0 heterocycles. The van der Waals surface area contributed by atoms with E-state index in [0.717, 1.165) is 0 Å². The smallest absolute Gasteiger partial charge is 0.0756 e. The Morgan fingerprint density at radius 1 is 0.469 bits per heavy atom. The molecule has 32 heavy (non-hydrogen) atoms. The quantitative estimate of drug-likeness (QED) is 0.302. The largest absolute Gasteiger partial charge is 0.229 e. The summed E-state index contributed by atoms with van der Waals surface area (Å²) in [5.41, 5.74) is 0. The van der Waals surface area contributed by atoms with Crippen molar-refractivity contribution in [2.75, 3.05) is 0 Å². The van der Waals surface area contributed by atoms with Crippen molar-refractivity contribution in [2.45, 2.75) is 19.9 Å². The van der Waals surface area contributed by atoms with E-state index in [-0.39, 0.29) is 6.04 Å². The van der Waals surface area contributed by atoms with Gasteiger partial charge in [0.2, 0.25) is 0 Å². The van der Waals surface area contributed by atoms with E-state index in [9.17, 15) is 0 Å². The lowest BCUT2D eigenvalue weighted by Gasteiger charge is -2.46. The molecule has 0 unspecified atom stereocenters. The molecule has 0 aliphatic heterocycles. The Morgan fingerprint density at radius 3 is 0.875 bits per heavy atom. The standard InChI is InChI=1S/C27H27NP2S2/c1-23(2)28(29(31,24-15-7-3-8-16-24)25-17-9-4-10-18-25)30(32,26-19-11-5-12-20-26)27-21-13-6-14-22-27/h3-23H,1-2H3. The first kappa shape index (κ1) is 23.3. The van der Waals surface area contributed by atoms with Gasteiger partial charge in [-0.1, -0.05) is 145 Å². The van der Waals surface area contributed by atoms with Gasteiger partial charge in [0.15, 0.2) is 0 Å². The van der Waals surface area contributed by atoms with E-state index >= 15 is 0 Å². The van der Waals surface area contributed by atoms with Crippen LogP contribution in [0.1, 0.15) is 13.8 Å². The fourth-order valence-corrected chi connectivity index (χ4v) is 16.9. The molecule has 0 amide bonds. The van der Waals surface area contributed by atoms with Crippen molar-refractivity contribution in [2.24, 2.45) is 0 Å². The van der Waals surface area contributed by atoms with Gasteiger partial charge in [0.25, 0.3) is 0 Å². The van der Waals surface area contributed by atoms with Crippen LogP contribution in [0.4, 0.5) is 0 Å². The fourth-order valence-electron chi connectivity index (χ4n) is 4.12. The summed E-state index contributed by atoms with van der Waals surface area (Å²) in [4.78, 5) is 0.